The van der Waals surface area contributed by atoms with Gasteiger partial charge in [-0.3, -0.25) is 9.80 Å². The van der Waals surface area contributed by atoms with Crippen LogP contribution in [0.15, 0.2) is 42.5 Å². The minimum Gasteiger partial charge on any atom is -0.506 e. The third-order valence-electron chi connectivity index (χ3n) is 5.52. The maximum absolute atomic E-state index is 10.4. The van der Waals surface area contributed by atoms with E-state index in [9.17, 15) is 5.11 Å². The zero-order chi connectivity index (χ0) is 19.9. The number of benzene rings is 2. The maximum atomic E-state index is 10.4. The maximum Gasteiger partial charge on any atom is 0.138 e. The van der Waals surface area contributed by atoms with E-state index in [1.807, 2.05) is 12.1 Å². The molecule has 5 heteroatoms. The van der Waals surface area contributed by atoms with Gasteiger partial charge in [0, 0.05) is 36.3 Å². The summed E-state index contributed by atoms with van der Waals surface area (Å²) in [5.41, 5.74) is 2.06. The number of halogens is 2. The second-order valence-electron chi connectivity index (χ2n) is 7.74. The predicted molar refractivity (Wildman–Crippen MR) is 118 cm³/mol. The van der Waals surface area contributed by atoms with Gasteiger partial charge in [-0.05, 0) is 50.0 Å². The molecule has 2 aromatic carbocycles. The van der Waals surface area contributed by atoms with Gasteiger partial charge in [0.2, 0.25) is 0 Å². The van der Waals surface area contributed by atoms with Crippen LogP contribution in [0.2, 0.25) is 10.0 Å². The normalized spacial score (nSPS) is 17.5. The number of unbranched alkanes of at least 4 members (excludes halogenated alkanes) is 1. The van der Waals surface area contributed by atoms with Crippen molar-refractivity contribution in [1.29, 1.82) is 0 Å². The lowest BCUT2D eigenvalue weighted by Gasteiger charge is -2.31. The Morgan fingerprint density at radius 2 is 1.93 bits per heavy atom. The molecule has 0 saturated carbocycles. The summed E-state index contributed by atoms with van der Waals surface area (Å²) >= 11 is 12.3. The average molecular weight is 421 g/mol. The third-order valence-corrected chi connectivity index (χ3v) is 6.02. The highest BCUT2D eigenvalue weighted by Crippen LogP contribution is 2.32. The molecule has 0 amide bonds. The van der Waals surface area contributed by atoms with Crippen LogP contribution in [-0.2, 0) is 13.1 Å². The van der Waals surface area contributed by atoms with Gasteiger partial charge < -0.3 is 5.11 Å². The topological polar surface area (TPSA) is 26.7 Å². The van der Waals surface area contributed by atoms with E-state index in [0.717, 1.165) is 18.7 Å². The molecule has 28 heavy (non-hydrogen) atoms. The van der Waals surface area contributed by atoms with Crippen molar-refractivity contribution in [3.05, 3.63) is 63.6 Å². The van der Waals surface area contributed by atoms with Gasteiger partial charge in [-0.1, -0.05) is 66.9 Å². The van der Waals surface area contributed by atoms with Gasteiger partial charge in [0.1, 0.15) is 5.75 Å². The first kappa shape index (κ1) is 21.4. The first-order valence-electron chi connectivity index (χ1n) is 10.2. The quantitative estimate of drug-likeness (QED) is 0.541. The molecule has 0 aromatic heterocycles. The summed E-state index contributed by atoms with van der Waals surface area (Å²) in [6.07, 6.45) is 4.98. The largest absolute Gasteiger partial charge is 0.506 e. The van der Waals surface area contributed by atoms with Gasteiger partial charge >= 0.3 is 0 Å². The summed E-state index contributed by atoms with van der Waals surface area (Å²) in [6, 6.07) is 14.5. The Balaban J connectivity index is 1.77. The van der Waals surface area contributed by atoms with Gasteiger partial charge in [0.05, 0.1) is 5.02 Å². The molecule has 0 aliphatic carbocycles. The van der Waals surface area contributed by atoms with E-state index in [2.05, 4.69) is 41.0 Å². The van der Waals surface area contributed by atoms with Crippen LogP contribution >= 0.6 is 23.2 Å². The van der Waals surface area contributed by atoms with E-state index in [4.69, 9.17) is 23.2 Å². The molecule has 0 radical (unpaired) electrons. The monoisotopic (exact) mass is 420 g/mol. The molecule has 1 heterocycles. The second-order valence-corrected chi connectivity index (χ2v) is 8.58. The number of hydrogen-bond donors (Lipinski definition) is 1. The van der Waals surface area contributed by atoms with Crippen LogP contribution in [0.25, 0.3) is 0 Å². The Labute approximate surface area is 178 Å². The van der Waals surface area contributed by atoms with Crippen molar-refractivity contribution < 1.29 is 5.11 Å². The molecule has 3 nitrogen and oxygen atoms in total. The van der Waals surface area contributed by atoms with Crippen molar-refractivity contribution in [2.24, 2.45) is 0 Å². The number of nitrogens with zero attached hydrogens (tertiary/aromatic N) is 2. The number of phenolic OH excluding ortho intramolecular Hbond substituents is 1. The van der Waals surface area contributed by atoms with E-state index >= 15 is 0 Å². The van der Waals surface area contributed by atoms with E-state index in [1.54, 1.807) is 6.07 Å². The van der Waals surface area contributed by atoms with Crippen molar-refractivity contribution in [3.63, 3.8) is 0 Å². The summed E-state index contributed by atoms with van der Waals surface area (Å²) in [7, 11) is 0. The van der Waals surface area contributed by atoms with Crippen molar-refractivity contribution >= 4 is 23.2 Å². The van der Waals surface area contributed by atoms with E-state index < -0.39 is 0 Å². The van der Waals surface area contributed by atoms with Crippen LogP contribution in [0, 0.1) is 0 Å². The van der Waals surface area contributed by atoms with Gasteiger partial charge in [-0.15, -0.1) is 0 Å². The van der Waals surface area contributed by atoms with Crippen LogP contribution in [-0.4, -0.2) is 40.6 Å². The first-order valence-corrected chi connectivity index (χ1v) is 11.0. The zero-order valence-electron chi connectivity index (χ0n) is 16.6. The minimum atomic E-state index is 0.137. The van der Waals surface area contributed by atoms with E-state index in [0.29, 0.717) is 22.6 Å². The summed E-state index contributed by atoms with van der Waals surface area (Å²) in [5, 5.41) is 11.3. The van der Waals surface area contributed by atoms with Gasteiger partial charge in [-0.25, -0.2) is 0 Å². The number of rotatable bonds is 9. The molecule has 2 aromatic rings. The summed E-state index contributed by atoms with van der Waals surface area (Å²) in [6.45, 7) is 7.05. The molecular weight excluding hydrogens is 391 g/mol. The number of phenols is 1. The van der Waals surface area contributed by atoms with Crippen LogP contribution in [0.3, 0.4) is 0 Å². The van der Waals surface area contributed by atoms with Crippen molar-refractivity contribution in [2.45, 2.75) is 51.7 Å². The fourth-order valence-electron chi connectivity index (χ4n) is 4.06. The van der Waals surface area contributed by atoms with Gasteiger partial charge in [0.25, 0.3) is 0 Å². The predicted octanol–water partition coefficient (Wildman–Crippen LogP) is 5.97. The van der Waals surface area contributed by atoms with Crippen molar-refractivity contribution in [1.82, 2.24) is 9.80 Å². The molecule has 0 unspecified atom stereocenters. The van der Waals surface area contributed by atoms with Crippen LogP contribution < -0.4 is 0 Å². The Bertz CT molecular complexity index is 754. The lowest BCUT2D eigenvalue weighted by atomic mass is 10.1. The van der Waals surface area contributed by atoms with Crippen LogP contribution in [0.4, 0.5) is 0 Å². The minimum absolute atomic E-state index is 0.137. The molecule has 1 N–H and O–H groups in total. The van der Waals surface area contributed by atoms with Gasteiger partial charge in [-0.2, -0.15) is 0 Å². The molecule has 1 aliphatic heterocycles. The summed E-state index contributed by atoms with van der Waals surface area (Å²) < 4.78 is 0. The third kappa shape index (κ3) is 5.87. The molecule has 0 bridgehead atoms. The molecule has 152 valence electrons. The highest BCUT2D eigenvalue weighted by molar-refractivity contribution is 6.35. The molecular formula is C23H30Cl2N2O. The standard InChI is InChI=1S/C23H30Cl2N2O/c1-2-3-11-27-12-7-10-21(27)17-26(15-18-8-5-4-6-9-18)16-19-13-20(24)14-22(25)23(19)28/h4-6,8-9,13-14,21,28H,2-3,7,10-12,15-17H2,1H3/t21-/m0/s1. The molecule has 1 saturated heterocycles. The SMILES string of the molecule is CCCCN1CCC[C@H]1CN(Cc1ccccc1)Cc1cc(Cl)cc(Cl)c1O. The lowest BCUT2D eigenvalue weighted by Crippen LogP contribution is -2.40. The molecule has 1 atom stereocenters. The van der Waals surface area contributed by atoms with Gasteiger partial charge in [0.15, 0.2) is 0 Å². The molecule has 1 fully saturated rings. The Morgan fingerprint density at radius 3 is 2.68 bits per heavy atom. The fraction of sp³-hybridized carbons (Fsp3) is 0.478. The smallest absolute Gasteiger partial charge is 0.138 e. The highest BCUT2D eigenvalue weighted by Gasteiger charge is 2.26. The Kier molecular flexibility index (Phi) is 8.04. The fourth-order valence-corrected chi connectivity index (χ4v) is 4.60. The van der Waals surface area contributed by atoms with Crippen molar-refractivity contribution in [2.75, 3.05) is 19.6 Å². The summed E-state index contributed by atoms with van der Waals surface area (Å²) in [4.78, 5) is 5.04. The molecule has 1 aliphatic rings. The zero-order valence-corrected chi connectivity index (χ0v) is 18.1. The van der Waals surface area contributed by atoms with Crippen molar-refractivity contribution in [3.8, 4) is 5.75 Å². The Hall–Kier alpha value is -1.26. The summed E-state index contributed by atoms with van der Waals surface area (Å²) in [5.74, 6) is 0.137. The Morgan fingerprint density at radius 1 is 1.14 bits per heavy atom. The van der Waals surface area contributed by atoms with Crippen LogP contribution in [0.5, 0.6) is 5.75 Å². The molecule has 3 rings (SSSR count). The number of likely N-dealkylation sites (tertiary alicyclic amines) is 1. The van der Waals surface area contributed by atoms with Crippen LogP contribution in [0.1, 0.15) is 43.7 Å². The van der Waals surface area contributed by atoms with E-state index in [1.165, 1.54) is 44.3 Å². The highest BCUT2D eigenvalue weighted by atomic mass is 35.5. The molecule has 0 spiro atoms. The second kappa shape index (κ2) is 10.5. The number of aromatic hydroxyl groups is 1. The number of hydrogen-bond acceptors (Lipinski definition) is 3. The average Bonchev–Trinajstić information content (AvgIpc) is 3.11. The van der Waals surface area contributed by atoms with E-state index in [-0.39, 0.29) is 5.75 Å². The lowest BCUT2D eigenvalue weighted by molar-refractivity contribution is 0.159. The first-order chi connectivity index (χ1) is 13.6.